The Kier molecular flexibility index (Phi) is 5.53. The fourth-order valence-electron chi connectivity index (χ4n) is 3.04. The van der Waals surface area contributed by atoms with E-state index in [1.807, 2.05) is 23.1 Å². The van der Waals surface area contributed by atoms with Gasteiger partial charge in [0.05, 0.1) is 13.7 Å². The van der Waals surface area contributed by atoms with Crippen LogP contribution in [0.2, 0.25) is 0 Å². The highest BCUT2D eigenvalue weighted by Gasteiger charge is 2.21. The zero-order valence-corrected chi connectivity index (χ0v) is 14.4. The van der Waals surface area contributed by atoms with Crippen molar-refractivity contribution in [2.45, 2.75) is 38.6 Å². The van der Waals surface area contributed by atoms with E-state index in [2.05, 4.69) is 10.5 Å². The van der Waals surface area contributed by atoms with Crippen molar-refractivity contribution < 1.29 is 19.1 Å². The van der Waals surface area contributed by atoms with Crippen molar-refractivity contribution >= 4 is 17.5 Å². The van der Waals surface area contributed by atoms with Gasteiger partial charge in [-0.1, -0.05) is 12.1 Å². The van der Waals surface area contributed by atoms with Crippen molar-refractivity contribution in [2.75, 3.05) is 20.3 Å². The average molecular weight is 345 g/mol. The highest BCUT2D eigenvalue weighted by atomic mass is 16.5. The second kappa shape index (κ2) is 8.00. The molecule has 0 spiro atoms. The minimum atomic E-state index is -0.0654. The Morgan fingerprint density at radius 3 is 3.04 bits per heavy atom. The van der Waals surface area contributed by atoms with Crippen molar-refractivity contribution in [1.29, 1.82) is 0 Å². The third-order valence-electron chi connectivity index (χ3n) is 4.42. The van der Waals surface area contributed by atoms with Gasteiger partial charge in [0, 0.05) is 37.2 Å². The van der Waals surface area contributed by atoms with E-state index in [1.165, 1.54) is 0 Å². The molecule has 1 N–H and O–H groups in total. The first kappa shape index (κ1) is 17.3. The number of hydrogen-bond acceptors (Lipinski definition) is 5. The number of methoxy groups -OCH3 is 1. The number of carbonyl (C=O) groups excluding carboxylic acids is 2. The third-order valence-corrected chi connectivity index (χ3v) is 4.42. The number of nitrogens with zero attached hydrogens (tertiary/aromatic N) is 2. The molecule has 134 valence electrons. The van der Waals surface area contributed by atoms with Gasteiger partial charge in [-0.15, -0.1) is 0 Å². The molecule has 0 radical (unpaired) electrons. The molecule has 0 aliphatic carbocycles. The lowest BCUT2D eigenvalue weighted by Crippen LogP contribution is -2.34. The highest BCUT2D eigenvalue weighted by molar-refractivity contribution is 5.94. The van der Waals surface area contributed by atoms with Gasteiger partial charge in [-0.05, 0) is 25.3 Å². The van der Waals surface area contributed by atoms with Crippen LogP contribution in [0.3, 0.4) is 0 Å². The van der Waals surface area contributed by atoms with Crippen LogP contribution < -0.4 is 14.9 Å². The molecule has 0 fully saturated rings. The van der Waals surface area contributed by atoms with Gasteiger partial charge in [-0.2, -0.15) is 5.10 Å². The quantitative estimate of drug-likeness (QED) is 0.903. The largest absolute Gasteiger partial charge is 0.493 e. The van der Waals surface area contributed by atoms with E-state index in [9.17, 15) is 9.59 Å². The molecule has 0 unspecified atom stereocenters. The number of hydrogen-bond donors (Lipinski definition) is 1. The summed E-state index contributed by atoms with van der Waals surface area (Å²) in [6.45, 7) is 1.73. The first-order valence-electron chi connectivity index (χ1n) is 8.58. The lowest BCUT2D eigenvalue weighted by molar-refractivity contribution is -0.132. The molecule has 0 bridgehead atoms. The molecular weight excluding hydrogens is 322 g/mol. The van der Waals surface area contributed by atoms with E-state index in [1.54, 1.807) is 7.11 Å². The number of nitrogens with one attached hydrogen (secondary N) is 1. The monoisotopic (exact) mass is 345 g/mol. The average Bonchev–Trinajstić information content (AvgIpc) is 2.61. The van der Waals surface area contributed by atoms with E-state index >= 15 is 0 Å². The van der Waals surface area contributed by atoms with Crippen LogP contribution in [0.25, 0.3) is 0 Å². The maximum absolute atomic E-state index is 12.6. The SMILES string of the molecule is COc1cccc2c1OCCCN(C(=O)CCC1=NNC(=O)CC1)C2. The van der Waals surface area contributed by atoms with Crippen molar-refractivity contribution in [1.82, 2.24) is 10.3 Å². The van der Waals surface area contributed by atoms with E-state index in [4.69, 9.17) is 9.47 Å². The minimum absolute atomic E-state index is 0.0654. The van der Waals surface area contributed by atoms with E-state index in [0.717, 1.165) is 23.4 Å². The number of benzene rings is 1. The lowest BCUT2D eigenvalue weighted by atomic mass is 10.1. The van der Waals surface area contributed by atoms with Crippen LogP contribution in [0.4, 0.5) is 0 Å². The molecule has 7 nitrogen and oxygen atoms in total. The number of hydrazone groups is 1. The fourth-order valence-corrected chi connectivity index (χ4v) is 3.04. The molecule has 7 heteroatoms. The topological polar surface area (TPSA) is 80.2 Å². The zero-order valence-electron chi connectivity index (χ0n) is 14.4. The van der Waals surface area contributed by atoms with Crippen LogP contribution in [-0.4, -0.2) is 42.7 Å². The molecule has 2 amide bonds. The van der Waals surface area contributed by atoms with Crippen LogP contribution in [0, 0.1) is 0 Å². The van der Waals surface area contributed by atoms with Gasteiger partial charge < -0.3 is 14.4 Å². The van der Waals surface area contributed by atoms with E-state index in [-0.39, 0.29) is 11.8 Å². The van der Waals surface area contributed by atoms with Crippen molar-refractivity contribution in [2.24, 2.45) is 5.10 Å². The first-order valence-corrected chi connectivity index (χ1v) is 8.58. The van der Waals surface area contributed by atoms with Gasteiger partial charge in [0.25, 0.3) is 0 Å². The molecule has 2 aliphatic heterocycles. The van der Waals surface area contributed by atoms with Gasteiger partial charge in [0.15, 0.2) is 11.5 Å². The van der Waals surface area contributed by atoms with Crippen LogP contribution in [0.5, 0.6) is 11.5 Å². The van der Waals surface area contributed by atoms with Gasteiger partial charge >= 0.3 is 0 Å². The second-order valence-corrected chi connectivity index (χ2v) is 6.18. The molecular formula is C18H23N3O4. The summed E-state index contributed by atoms with van der Waals surface area (Å²) in [6.07, 6.45) is 2.83. The summed E-state index contributed by atoms with van der Waals surface area (Å²) < 4.78 is 11.2. The van der Waals surface area contributed by atoms with Crippen LogP contribution in [-0.2, 0) is 16.1 Å². The Labute approximate surface area is 147 Å². The van der Waals surface area contributed by atoms with Gasteiger partial charge in [0.1, 0.15) is 0 Å². The van der Waals surface area contributed by atoms with E-state index in [0.29, 0.717) is 51.1 Å². The van der Waals surface area contributed by atoms with Crippen molar-refractivity contribution in [3.63, 3.8) is 0 Å². The Morgan fingerprint density at radius 2 is 2.28 bits per heavy atom. The molecule has 0 aromatic heterocycles. The first-order chi connectivity index (χ1) is 12.2. The third kappa shape index (κ3) is 4.29. The maximum Gasteiger partial charge on any atom is 0.240 e. The van der Waals surface area contributed by atoms with Crippen LogP contribution in [0.15, 0.2) is 23.3 Å². The number of para-hydroxylation sites is 1. The number of rotatable bonds is 4. The van der Waals surface area contributed by atoms with E-state index < -0.39 is 0 Å². The summed E-state index contributed by atoms with van der Waals surface area (Å²) in [4.78, 5) is 25.6. The molecule has 0 atom stereocenters. The molecule has 25 heavy (non-hydrogen) atoms. The summed E-state index contributed by atoms with van der Waals surface area (Å²) >= 11 is 0. The van der Waals surface area contributed by atoms with Gasteiger partial charge in [0.2, 0.25) is 11.8 Å². The Balaban J connectivity index is 1.65. The Bertz CT molecular complexity index is 687. The summed E-state index contributed by atoms with van der Waals surface area (Å²) in [5.41, 5.74) is 4.31. The number of ether oxygens (including phenoxy) is 2. The molecule has 1 aromatic carbocycles. The lowest BCUT2D eigenvalue weighted by Gasteiger charge is -2.27. The number of carbonyl (C=O) groups is 2. The predicted molar refractivity (Wildman–Crippen MR) is 92.6 cm³/mol. The highest BCUT2D eigenvalue weighted by Crippen LogP contribution is 2.33. The summed E-state index contributed by atoms with van der Waals surface area (Å²) in [6, 6.07) is 5.73. The van der Waals surface area contributed by atoms with Crippen LogP contribution in [0.1, 0.15) is 37.7 Å². The second-order valence-electron chi connectivity index (χ2n) is 6.18. The summed E-state index contributed by atoms with van der Waals surface area (Å²) in [5, 5.41) is 4.03. The van der Waals surface area contributed by atoms with Crippen molar-refractivity contribution in [3.8, 4) is 11.5 Å². The fraction of sp³-hybridized carbons (Fsp3) is 0.500. The Hall–Kier alpha value is -2.57. The predicted octanol–water partition coefficient (Wildman–Crippen LogP) is 1.85. The molecule has 0 saturated carbocycles. The maximum atomic E-state index is 12.6. The van der Waals surface area contributed by atoms with Crippen LogP contribution >= 0.6 is 0 Å². The van der Waals surface area contributed by atoms with Gasteiger partial charge in [-0.25, -0.2) is 5.43 Å². The van der Waals surface area contributed by atoms with Gasteiger partial charge in [-0.3, -0.25) is 9.59 Å². The standard InChI is InChI=1S/C18H23N3O4/c1-24-15-5-2-4-13-12-21(10-3-11-25-18(13)15)17(23)9-7-14-6-8-16(22)20-19-14/h2,4-5H,3,6-12H2,1H3,(H,20,22). The van der Waals surface area contributed by atoms with Crippen molar-refractivity contribution in [3.05, 3.63) is 23.8 Å². The zero-order chi connectivity index (χ0) is 17.6. The number of fused-ring (bicyclic) bond motifs is 1. The smallest absolute Gasteiger partial charge is 0.240 e. The number of amides is 2. The molecule has 3 rings (SSSR count). The minimum Gasteiger partial charge on any atom is -0.493 e. The molecule has 2 heterocycles. The molecule has 0 saturated heterocycles. The Morgan fingerprint density at radius 1 is 1.40 bits per heavy atom. The summed E-state index contributed by atoms with van der Waals surface area (Å²) in [7, 11) is 1.62. The molecule has 1 aromatic rings. The molecule has 2 aliphatic rings. The normalized spacial score (nSPS) is 17.4. The summed E-state index contributed by atoms with van der Waals surface area (Å²) in [5.74, 6) is 1.45.